The van der Waals surface area contributed by atoms with Crippen molar-refractivity contribution in [3.8, 4) is 0 Å². The van der Waals surface area contributed by atoms with Gasteiger partial charge in [-0.1, -0.05) is 58.4 Å². The minimum absolute atomic E-state index is 0.391. The Morgan fingerprint density at radius 1 is 1.19 bits per heavy atom. The molecule has 0 radical (unpaired) electrons. The third-order valence-corrected chi connectivity index (χ3v) is 2.88. The first-order valence-corrected chi connectivity index (χ1v) is 6.49. The molecule has 2 nitrogen and oxygen atoms in total. The van der Waals surface area contributed by atoms with Crippen molar-refractivity contribution < 1.29 is 9.90 Å². The van der Waals surface area contributed by atoms with Crippen LogP contribution in [0, 0.1) is 5.92 Å². The quantitative estimate of drug-likeness (QED) is 0.467. The van der Waals surface area contributed by atoms with Gasteiger partial charge in [0.15, 0.2) is 0 Å². The zero-order chi connectivity index (χ0) is 12.4. The zero-order valence-electron chi connectivity index (χ0n) is 11.0. The lowest BCUT2D eigenvalue weighted by Gasteiger charge is -2.06. The fraction of sp³-hybridized carbons (Fsp3) is 0.786. The second-order valence-corrected chi connectivity index (χ2v) is 4.69. The van der Waals surface area contributed by atoms with Crippen LogP contribution in [0.5, 0.6) is 0 Å². The Morgan fingerprint density at radius 2 is 1.75 bits per heavy atom. The number of unbranched alkanes of at least 4 members (excludes halogenated alkanes) is 5. The Balaban J connectivity index is 3.54. The van der Waals surface area contributed by atoms with E-state index in [2.05, 4.69) is 13.8 Å². The molecule has 16 heavy (non-hydrogen) atoms. The van der Waals surface area contributed by atoms with Crippen molar-refractivity contribution >= 4 is 5.97 Å². The number of rotatable bonds is 9. The lowest BCUT2D eigenvalue weighted by molar-refractivity contribution is -0.132. The fourth-order valence-electron chi connectivity index (χ4n) is 1.83. The molecule has 0 aliphatic carbocycles. The van der Waals surface area contributed by atoms with Crippen LogP contribution in [0.3, 0.4) is 0 Å². The van der Waals surface area contributed by atoms with Crippen LogP contribution >= 0.6 is 0 Å². The van der Waals surface area contributed by atoms with Crippen molar-refractivity contribution in [3.05, 3.63) is 11.6 Å². The fourth-order valence-corrected chi connectivity index (χ4v) is 1.83. The van der Waals surface area contributed by atoms with Gasteiger partial charge in [0, 0.05) is 5.57 Å². The van der Waals surface area contributed by atoms with E-state index in [0.717, 1.165) is 6.42 Å². The second kappa shape index (κ2) is 9.44. The maximum Gasteiger partial charge on any atom is 0.330 e. The van der Waals surface area contributed by atoms with E-state index in [1.807, 2.05) is 6.08 Å². The van der Waals surface area contributed by atoms with Gasteiger partial charge in [-0.3, -0.25) is 0 Å². The van der Waals surface area contributed by atoms with Gasteiger partial charge in [0.25, 0.3) is 0 Å². The lowest BCUT2D eigenvalue weighted by Crippen LogP contribution is -1.99. The number of carboxylic acid groups (broad SMARTS) is 1. The van der Waals surface area contributed by atoms with Crippen molar-refractivity contribution in [2.75, 3.05) is 0 Å². The van der Waals surface area contributed by atoms with E-state index >= 15 is 0 Å². The third-order valence-electron chi connectivity index (χ3n) is 2.88. The van der Waals surface area contributed by atoms with Crippen molar-refractivity contribution in [2.45, 2.75) is 65.7 Å². The van der Waals surface area contributed by atoms with Crippen LogP contribution in [0.2, 0.25) is 0 Å². The van der Waals surface area contributed by atoms with Crippen LogP contribution in [0.25, 0.3) is 0 Å². The molecule has 94 valence electrons. The summed E-state index contributed by atoms with van der Waals surface area (Å²) < 4.78 is 0. The second-order valence-electron chi connectivity index (χ2n) is 4.69. The molecule has 0 amide bonds. The molecule has 0 aliphatic heterocycles. The molecule has 0 aromatic rings. The maximum atomic E-state index is 10.6. The van der Waals surface area contributed by atoms with Crippen molar-refractivity contribution in [3.63, 3.8) is 0 Å². The number of allylic oxidation sites excluding steroid dienone is 1. The molecule has 0 aliphatic rings. The Bertz CT molecular complexity index is 219. The van der Waals surface area contributed by atoms with Gasteiger partial charge in [0.05, 0.1) is 0 Å². The van der Waals surface area contributed by atoms with Crippen molar-refractivity contribution in [1.29, 1.82) is 0 Å². The minimum atomic E-state index is -0.796. The molecule has 2 heteroatoms. The molecule has 0 spiro atoms. The summed E-state index contributed by atoms with van der Waals surface area (Å²) in [6, 6.07) is 0. The zero-order valence-corrected chi connectivity index (χ0v) is 11.0. The highest BCUT2D eigenvalue weighted by atomic mass is 16.4. The van der Waals surface area contributed by atoms with Gasteiger partial charge in [-0.25, -0.2) is 4.79 Å². The van der Waals surface area contributed by atoms with Gasteiger partial charge in [0.2, 0.25) is 0 Å². The third kappa shape index (κ3) is 8.51. The summed E-state index contributed by atoms with van der Waals surface area (Å²) in [7, 11) is 0. The normalized spacial score (nSPS) is 13.8. The van der Waals surface area contributed by atoms with Crippen LogP contribution in [-0.4, -0.2) is 11.1 Å². The van der Waals surface area contributed by atoms with Gasteiger partial charge in [-0.2, -0.15) is 0 Å². The molecule has 0 bridgehead atoms. The molecular formula is C14H26O2. The molecule has 0 saturated carbocycles. The monoisotopic (exact) mass is 226 g/mol. The van der Waals surface area contributed by atoms with E-state index in [1.165, 1.54) is 38.5 Å². The highest BCUT2D eigenvalue weighted by Crippen LogP contribution is 2.14. The Hall–Kier alpha value is -0.790. The summed E-state index contributed by atoms with van der Waals surface area (Å²) in [5.41, 5.74) is 0.471. The Labute approximate surface area is 99.7 Å². The van der Waals surface area contributed by atoms with Crippen LogP contribution in [0.15, 0.2) is 11.6 Å². The molecule has 0 aromatic carbocycles. The van der Waals surface area contributed by atoms with Crippen LogP contribution in [-0.2, 0) is 4.79 Å². The molecular weight excluding hydrogens is 200 g/mol. The SMILES string of the molecule is CCCCCCCCC(C)/C=C(\C)C(=O)O. The van der Waals surface area contributed by atoms with Crippen LogP contribution in [0.4, 0.5) is 0 Å². The first kappa shape index (κ1) is 15.2. The predicted octanol–water partition coefficient (Wildman–Crippen LogP) is 4.40. The van der Waals surface area contributed by atoms with E-state index in [0.29, 0.717) is 11.5 Å². The molecule has 1 N–H and O–H groups in total. The summed E-state index contributed by atoms with van der Waals surface area (Å²) in [6.07, 6.45) is 10.8. The highest BCUT2D eigenvalue weighted by molar-refractivity contribution is 5.85. The topological polar surface area (TPSA) is 37.3 Å². The maximum absolute atomic E-state index is 10.6. The highest BCUT2D eigenvalue weighted by Gasteiger charge is 2.03. The number of carboxylic acids is 1. The van der Waals surface area contributed by atoms with Crippen LogP contribution < -0.4 is 0 Å². The van der Waals surface area contributed by atoms with E-state index in [9.17, 15) is 4.79 Å². The Kier molecular flexibility index (Phi) is 8.97. The smallest absolute Gasteiger partial charge is 0.330 e. The summed E-state index contributed by atoms with van der Waals surface area (Å²) >= 11 is 0. The van der Waals surface area contributed by atoms with E-state index in [-0.39, 0.29) is 0 Å². The molecule has 1 unspecified atom stereocenters. The summed E-state index contributed by atoms with van der Waals surface area (Å²) in [4.78, 5) is 10.6. The van der Waals surface area contributed by atoms with E-state index in [4.69, 9.17) is 5.11 Å². The standard InChI is InChI=1S/C14H26O2/c1-4-5-6-7-8-9-10-12(2)11-13(3)14(15)16/h11-12H,4-10H2,1-3H3,(H,15,16)/b13-11+. The van der Waals surface area contributed by atoms with Crippen molar-refractivity contribution in [1.82, 2.24) is 0 Å². The van der Waals surface area contributed by atoms with Gasteiger partial charge in [0.1, 0.15) is 0 Å². The van der Waals surface area contributed by atoms with Crippen molar-refractivity contribution in [2.24, 2.45) is 5.92 Å². The number of hydrogen-bond donors (Lipinski definition) is 1. The molecule has 0 fully saturated rings. The number of aliphatic carboxylic acids is 1. The molecule has 0 saturated heterocycles. The first-order chi connectivity index (χ1) is 7.57. The molecule has 0 aromatic heterocycles. The molecule has 0 rings (SSSR count). The van der Waals surface area contributed by atoms with Gasteiger partial charge >= 0.3 is 5.97 Å². The number of hydrogen-bond acceptors (Lipinski definition) is 1. The van der Waals surface area contributed by atoms with E-state index in [1.54, 1.807) is 6.92 Å². The van der Waals surface area contributed by atoms with Gasteiger partial charge in [-0.15, -0.1) is 0 Å². The van der Waals surface area contributed by atoms with Gasteiger partial charge < -0.3 is 5.11 Å². The predicted molar refractivity (Wildman–Crippen MR) is 68.5 cm³/mol. The molecule has 0 heterocycles. The summed E-state index contributed by atoms with van der Waals surface area (Å²) in [6.45, 7) is 5.99. The molecule has 1 atom stereocenters. The summed E-state index contributed by atoms with van der Waals surface area (Å²) in [5, 5.41) is 8.73. The Morgan fingerprint density at radius 3 is 2.31 bits per heavy atom. The number of carbonyl (C=O) groups is 1. The van der Waals surface area contributed by atoms with E-state index < -0.39 is 5.97 Å². The first-order valence-electron chi connectivity index (χ1n) is 6.49. The van der Waals surface area contributed by atoms with Gasteiger partial charge in [-0.05, 0) is 19.3 Å². The van der Waals surface area contributed by atoms with Crippen LogP contribution in [0.1, 0.15) is 65.7 Å². The average Bonchev–Trinajstić information content (AvgIpc) is 2.23. The lowest BCUT2D eigenvalue weighted by atomic mass is 10.00. The summed E-state index contributed by atoms with van der Waals surface area (Å²) in [5.74, 6) is -0.405. The minimum Gasteiger partial charge on any atom is -0.478 e. The average molecular weight is 226 g/mol. The largest absolute Gasteiger partial charge is 0.478 e.